The molecule has 0 aliphatic carbocycles. The van der Waals surface area contributed by atoms with E-state index >= 15 is 0 Å². The van der Waals surface area contributed by atoms with Gasteiger partial charge in [0, 0.05) is 0 Å². The first-order chi connectivity index (χ1) is 8.00. The van der Waals surface area contributed by atoms with Crippen molar-refractivity contribution in [2.24, 2.45) is 0 Å². The molecule has 0 unspecified atom stereocenters. The van der Waals surface area contributed by atoms with Crippen molar-refractivity contribution >= 4 is 13.6 Å². The molecule has 1 rings (SSSR count). The lowest BCUT2D eigenvalue weighted by Crippen LogP contribution is -2.06. The van der Waals surface area contributed by atoms with E-state index in [9.17, 15) is 8.96 Å². The summed E-state index contributed by atoms with van der Waals surface area (Å²) >= 11 is 0. The number of hydrogen-bond donors (Lipinski definition) is 1. The van der Waals surface area contributed by atoms with Crippen LogP contribution >= 0.6 is 7.82 Å². The highest BCUT2D eigenvalue weighted by molar-refractivity contribution is 7.48. The Bertz CT molecular complexity index is 421. The van der Waals surface area contributed by atoms with E-state index in [4.69, 9.17) is 19.3 Å². The third-order valence-electron chi connectivity index (χ3n) is 1.52. The lowest BCUT2D eigenvalue weighted by Gasteiger charge is -2.15. The third-order valence-corrected chi connectivity index (χ3v) is 3.05. The van der Waals surface area contributed by atoms with Crippen LogP contribution in [0, 0.1) is 5.82 Å². The van der Waals surface area contributed by atoms with Crippen LogP contribution in [0.5, 0.6) is 6.01 Å². The number of phosphoric ester groups is 1. The number of nitrogens with two attached hydrogens (primary N) is 1. The van der Waals surface area contributed by atoms with Crippen molar-refractivity contribution in [3.8, 4) is 6.01 Å². The van der Waals surface area contributed by atoms with Gasteiger partial charge in [0.2, 0.25) is 0 Å². The average Bonchev–Trinajstić information content (AvgIpc) is 2.24. The van der Waals surface area contributed by atoms with Crippen LogP contribution in [0.1, 0.15) is 13.8 Å². The first-order valence-corrected chi connectivity index (χ1v) is 6.33. The van der Waals surface area contributed by atoms with Gasteiger partial charge in [0.05, 0.1) is 19.4 Å². The molecular formula is C8H13FN3O4P. The number of anilines is 1. The second kappa shape index (κ2) is 5.90. The highest BCUT2D eigenvalue weighted by Gasteiger charge is 2.28. The molecule has 0 atom stereocenters. The van der Waals surface area contributed by atoms with Crippen LogP contribution in [0.25, 0.3) is 0 Å². The van der Waals surface area contributed by atoms with Crippen molar-refractivity contribution in [2.45, 2.75) is 13.8 Å². The molecule has 1 aromatic heterocycles. The van der Waals surface area contributed by atoms with Crippen LogP contribution in [0.3, 0.4) is 0 Å². The molecule has 1 aromatic rings. The highest BCUT2D eigenvalue weighted by Crippen LogP contribution is 2.48. The molecule has 0 radical (unpaired) electrons. The van der Waals surface area contributed by atoms with Crippen LogP contribution in [-0.4, -0.2) is 23.2 Å². The van der Waals surface area contributed by atoms with Gasteiger partial charge in [0.15, 0.2) is 11.6 Å². The summed E-state index contributed by atoms with van der Waals surface area (Å²) in [7, 11) is -3.78. The van der Waals surface area contributed by atoms with Crippen LogP contribution in [0.4, 0.5) is 10.2 Å². The summed E-state index contributed by atoms with van der Waals surface area (Å²) in [5, 5.41) is 0. The minimum atomic E-state index is -3.78. The molecule has 0 aliphatic rings. The minimum Gasteiger partial charge on any atom is -0.381 e. The molecule has 2 N–H and O–H groups in total. The van der Waals surface area contributed by atoms with E-state index in [-0.39, 0.29) is 19.2 Å². The average molecular weight is 265 g/mol. The summed E-state index contributed by atoms with van der Waals surface area (Å²) in [5.74, 6) is -1.20. The monoisotopic (exact) mass is 265 g/mol. The Labute approximate surface area is 97.7 Å². The number of phosphoric acid groups is 1. The fourth-order valence-electron chi connectivity index (χ4n) is 0.914. The van der Waals surface area contributed by atoms with E-state index in [1.165, 1.54) is 0 Å². The van der Waals surface area contributed by atoms with Crippen LogP contribution < -0.4 is 10.3 Å². The zero-order valence-electron chi connectivity index (χ0n) is 9.42. The molecule has 0 aromatic carbocycles. The SMILES string of the molecule is CCOP(=O)(OCC)Oc1ncc(F)c(N)n1. The second-order valence-corrected chi connectivity index (χ2v) is 4.35. The summed E-state index contributed by atoms with van der Waals surface area (Å²) in [4.78, 5) is 6.93. The summed E-state index contributed by atoms with van der Waals surface area (Å²) < 4.78 is 39.2. The maximum absolute atomic E-state index is 12.8. The Hall–Kier alpha value is -1.24. The molecule has 1 heterocycles. The first-order valence-electron chi connectivity index (χ1n) is 4.87. The Morgan fingerprint density at radius 1 is 1.41 bits per heavy atom. The largest absolute Gasteiger partial charge is 0.532 e. The van der Waals surface area contributed by atoms with Crippen molar-refractivity contribution in [3.05, 3.63) is 12.0 Å². The van der Waals surface area contributed by atoms with Crippen molar-refractivity contribution in [3.63, 3.8) is 0 Å². The molecule has 0 saturated carbocycles. The third kappa shape index (κ3) is 3.92. The minimum absolute atomic E-state index is 0.119. The predicted molar refractivity (Wildman–Crippen MR) is 57.9 cm³/mol. The van der Waals surface area contributed by atoms with Crippen molar-refractivity contribution < 1.29 is 22.5 Å². The Morgan fingerprint density at radius 3 is 2.47 bits per heavy atom. The van der Waals surface area contributed by atoms with Gasteiger partial charge in [-0.15, -0.1) is 0 Å². The molecule has 0 fully saturated rings. The number of nitrogen functional groups attached to an aromatic ring is 1. The number of hydrogen-bond acceptors (Lipinski definition) is 7. The number of rotatable bonds is 6. The lowest BCUT2D eigenvalue weighted by atomic mass is 10.6. The molecular weight excluding hydrogens is 252 g/mol. The van der Waals surface area contributed by atoms with Gasteiger partial charge in [-0.1, -0.05) is 0 Å². The van der Waals surface area contributed by atoms with Gasteiger partial charge in [-0.3, -0.25) is 9.05 Å². The summed E-state index contributed by atoms with van der Waals surface area (Å²) in [6.07, 6.45) is 0.805. The van der Waals surface area contributed by atoms with Gasteiger partial charge < -0.3 is 10.3 Å². The summed E-state index contributed by atoms with van der Waals surface area (Å²) in [6, 6.07) is -0.367. The molecule has 0 spiro atoms. The quantitative estimate of drug-likeness (QED) is 0.782. The fourth-order valence-corrected chi connectivity index (χ4v) is 2.01. The highest BCUT2D eigenvalue weighted by atomic mass is 31.2. The Kier molecular flexibility index (Phi) is 4.80. The smallest absolute Gasteiger partial charge is 0.381 e. The molecule has 0 amide bonds. The molecule has 7 nitrogen and oxygen atoms in total. The number of halogens is 1. The molecule has 0 bridgehead atoms. The predicted octanol–water partition coefficient (Wildman–Crippen LogP) is 1.76. The Morgan fingerprint density at radius 2 is 2.00 bits per heavy atom. The van der Waals surface area contributed by atoms with E-state index < -0.39 is 19.5 Å². The molecule has 0 aliphatic heterocycles. The first kappa shape index (κ1) is 13.8. The molecule has 0 saturated heterocycles. The maximum atomic E-state index is 12.8. The van der Waals surface area contributed by atoms with Crippen LogP contribution in [0.15, 0.2) is 6.20 Å². The van der Waals surface area contributed by atoms with Crippen LogP contribution in [-0.2, 0) is 13.6 Å². The van der Waals surface area contributed by atoms with E-state index in [1.807, 2.05) is 0 Å². The molecule has 9 heteroatoms. The van der Waals surface area contributed by atoms with Crippen molar-refractivity contribution in [1.82, 2.24) is 9.97 Å². The summed E-state index contributed by atoms with van der Waals surface area (Å²) in [5.41, 5.74) is 5.21. The van der Waals surface area contributed by atoms with Gasteiger partial charge in [0.1, 0.15) is 0 Å². The van der Waals surface area contributed by atoms with Gasteiger partial charge in [-0.05, 0) is 13.8 Å². The topological polar surface area (TPSA) is 96.6 Å². The van der Waals surface area contributed by atoms with E-state index in [0.717, 1.165) is 6.20 Å². The van der Waals surface area contributed by atoms with E-state index in [2.05, 4.69) is 9.97 Å². The van der Waals surface area contributed by atoms with Crippen LogP contribution in [0.2, 0.25) is 0 Å². The zero-order valence-corrected chi connectivity index (χ0v) is 10.3. The zero-order chi connectivity index (χ0) is 12.9. The lowest BCUT2D eigenvalue weighted by molar-refractivity contribution is 0.164. The van der Waals surface area contributed by atoms with Gasteiger partial charge in [0.25, 0.3) is 0 Å². The maximum Gasteiger partial charge on any atom is 0.532 e. The summed E-state index contributed by atoms with van der Waals surface area (Å²) in [6.45, 7) is 3.48. The number of nitrogens with zero attached hydrogens (tertiary/aromatic N) is 2. The molecule has 96 valence electrons. The standard InChI is InChI=1S/C8H13FN3O4P/c1-3-14-17(13,15-4-2)16-8-11-5-6(9)7(10)12-8/h5H,3-4H2,1-2H3,(H2,10,11,12). The van der Waals surface area contributed by atoms with Crippen molar-refractivity contribution in [1.29, 1.82) is 0 Å². The van der Waals surface area contributed by atoms with Gasteiger partial charge in [-0.25, -0.2) is 13.9 Å². The van der Waals surface area contributed by atoms with E-state index in [0.29, 0.717) is 0 Å². The van der Waals surface area contributed by atoms with Gasteiger partial charge >= 0.3 is 13.8 Å². The van der Waals surface area contributed by atoms with E-state index in [1.54, 1.807) is 13.8 Å². The normalized spacial score (nSPS) is 11.5. The molecule has 17 heavy (non-hydrogen) atoms. The van der Waals surface area contributed by atoms with Crippen molar-refractivity contribution in [2.75, 3.05) is 18.9 Å². The van der Waals surface area contributed by atoms with Gasteiger partial charge in [-0.2, -0.15) is 4.98 Å². The second-order valence-electron chi connectivity index (χ2n) is 2.76. The Balaban J connectivity index is 2.86. The number of aromatic nitrogens is 2. The fraction of sp³-hybridized carbons (Fsp3) is 0.500.